The van der Waals surface area contributed by atoms with E-state index in [1.165, 1.54) is 56.9 Å². The number of pyridine rings is 1. The molecule has 0 radical (unpaired) electrons. The Hall–Kier alpha value is -1.05. The van der Waals surface area contributed by atoms with Gasteiger partial charge in [0.2, 0.25) is 0 Å². The molecule has 0 amide bonds. The molecule has 0 N–H and O–H groups in total. The molecule has 146 valence electrons. The second-order valence-electron chi connectivity index (χ2n) is 8.18. The minimum Gasteiger partial charge on any atom is -0.242 e. The van der Waals surface area contributed by atoms with Crippen LogP contribution in [-0.2, 0) is 0 Å². The Morgan fingerprint density at radius 3 is 2.33 bits per heavy atom. The van der Waals surface area contributed by atoms with Gasteiger partial charge in [0.15, 0.2) is 0 Å². The van der Waals surface area contributed by atoms with Crippen LogP contribution in [-0.4, -0.2) is 4.98 Å². The molecule has 1 aliphatic rings. The van der Waals surface area contributed by atoms with Crippen molar-refractivity contribution in [3.8, 4) is 11.1 Å². The highest BCUT2D eigenvalue weighted by atomic mass is 35.5. The van der Waals surface area contributed by atoms with E-state index in [1.54, 1.807) is 6.20 Å². The van der Waals surface area contributed by atoms with Gasteiger partial charge in [0.05, 0.1) is 5.02 Å². The van der Waals surface area contributed by atoms with Crippen molar-refractivity contribution in [2.75, 3.05) is 0 Å². The van der Waals surface area contributed by atoms with Crippen LogP contribution < -0.4 is 0 Å². The molecule has 0 saturated heterocycles. The summed E-state index contributed by atoms with van der Waals surface area (Å²) >= 11 is 12.0. The number of halogens is 2. The molecule has 1 fully saturated rings. The van der Waals surface area contributed by atoms with Crippen LogP contribution in [0.2, 0.25) is 10.2 Å². The Morgan fingerprint density at radius 2 is 1.70 bits per heavy atom. The fourth-order valence-corrected chi connectivity index (χ4v) is 4.76. The minimum absolute atomic E-state index is 0.357. The van der Waals surface area contributed by atoms with Crippen molar-refractivity contribution in [3.05, 3.63) is 52.3 Å². The fraction of sp³-hybridized carbons (Fsp3) is 0.542. The average Bonchev–Trinajstić information content (AvgIpc) is 2.70. The SMILES string of the molecule is CCCCCC1CCC(C(C)c2ccc(-c3cnc(Cl)c(Cl)c3)cc2)CC1. The molecule has 1 aliphatic carbocycles. The van der Waals surface area contributed by atoms with Gasteiger partial charge in [0, 0.05) is 11.8 Å². The van der Waals surface area contributed by atoms with Gasteiger partial charge in [-0.25, -0.2) is 4.98 Å². The molecule has 0 bridgehead atoms. The standard InChI is InChI=1S/C24H31Cl2N/c1-3-4-5-6-18-7-9-19(10-8-18)17(2)20-11-13-21(14-12-20)22-15-23(25)24(26)27-16-22/h11-19H,3-10H2,1-2H3. The van der Waals surface area contributed by atoms with Crippen LogP contribution in [0.5, 0.6) is 0 Å². The Labute approximate surface area is 174 Å². The zero-order valence-electron chi connectivity index (χ0n) is 16.6. The van der Waals surface area contributed by atoms with Gasteiger partial charge in [-0.05, 0) is 47.8 Å². The van der Waals surface area contributed by atoms with Crippen molar-refractivity contribution in [2.24, 2.45) is 11.8 Å². The van der Waals surface area contributed by atoms with E-state index in [2.05, 4.69) is 43.1 Å². The summed E-state index contributed by atoms with van der Waals surface area (Å²) in [6.07, 6.45) is 13.0. The molecule has 2 aromatic rings. The Bertz CT molecular complexity index is 718. The topological polar surface area (TPSA) is 12.9 Å². The third kappa shape index (κ3) is 5.48. The number of unbranched alkanes of at least 4 members (excludes halogenated alkanes) is 2. The summed E-state index contributed by atoms with van der Waals surface area (Å²) in [5.41, 5.74) is 3.59. The third-order valence-corrected chi connectivity index (χ3v) is 7.07. The summed E-state index contributed by atoms with van der Waals surface area (Å²) in [4.78, 5) is 4.15. The summed E-state index contributed by atoms with van der Waals surface area (Å²) in [5.74, 6) is 2.43. The lowest BCUT2D eigenvalue weighted by Gasteiger charge is -2.32. The van der Waals surface area contributed by atoms with Gasteiger partial charge < -0.3 is 0 Å². The van der Waals surface area contributed by atoms with E-state index in [0.29, 0.717) is 16.1 Å². The smallest absolute Gasteiger partial charge is 0.147 e. The van der Waals surface area contributed by atoms with Crippen molar-refractivity contribution in [1.82, 2.24) is 4.98 Å². The molecular weight excluding hydrogens is 373 g/mol. The largest absolute Gasteiger partial charge is 0.242 e. The highest BCUT2D eigenvalue weighted by molar-refractivity contribution is 6.41. The Balaban J connectivity index is 1.58. The lowest BCUT2D eigenvalue weighted by Crippen LogP contribution is -2.19. The molecule has 1 saturated carbocycles. The van der Waals surface area contributed by atoms with E-state index in [0.717, 1.165) is 23.0 Å². The van der Waals surface area contributed by atoms with Crippen LogP contribution in [0.15, 0.2) is 36.5 Å². The Morgan fingerprint density at radius 1 is 1.00 bits per heavy atom. The fourth-order valence-electron chi connectivity index (χ4n) is 4.49. The number of nitrogens with zero attached hydrogens (tertiary/aromatic N) is 1. The molecule has 3 heteroatoms. The van der Waals surface area contributed by atoms with Gasteiger partial charge in [0.1, 0.15) is 5.15 Å². The van der Waals surface area contributed by atoms with E-state index in [-0.39, 0.29) is 0 Å². The number of benzene rings is 1. The summed E-state index contributed by atoms with van der Waals surface area (Å²) in [7, 11) is 0. The second-order valence-corrected chi connectivity index (χ2v) is 8.95. The molecule has 1 unspecified atom stereocenters. The first-order valence-electron chi connectivity index (χ1n) is 10.5. The Kier molecular flexibility index (Phi) is 7.61. The van der Waals surface area contributed by atoms with Gasteiger partial charge in [-0.2, -0.15) is 0 Å². The number of hydrogen-bond acceptors (Lipinski definition) is 1. The molecule has 1 atom stereocenters. The van der Waals surface area contributed by atoms with Crippen LogP contribution in [0, 0.1) is 11.8 Å². The molecule has 3 rings (SSSR count). The predicted octanol–water partition coefficient (Wildman–Crippen LogP) is 8.55. The summed E-state index contributed by atoms with van der Waals surface area (Å²) in [6.45, 7) is 4.69. The minimum atomic E-state index is 0.357. The summed E-state index contributed by atoms with van der Waals surface area (Å²) < 4.78 is 0. The first-order valence-corrected chi connectivity index (χ1v) is 11.3. The van der Waals surface area contributed by atoms with Crippen LogP contribution in [0.25, 0.3) is 11.1 Å². The number of aromatic nitrogens is 1. The second kappa shape index (κ2) is 9.94. The van der Waals surface area contributed by atoms with Gasteiger partial charge in [0.25, 0.3) is 0 Å². The van der Waals surface area contributed by atoms with E-state index >= 15 is 0 Å². The van der Waals surface area contributed by atoms with Crippen LogP contribution in [0.3, 0.4) is 0 Å². The lowest BCUT2D eigenvalue weighted by atomic mass is 9.73. The monoisotopic (exact) mass is 403 g/mol. The molecule has 1 nitrogen and oxygen atoms in total. The molecule has 1 aromatic heterocycles. The molecule has 1 heterocycles. The normalized spacial score (nSPS) is 21.2. The maximum Gasteiger partial charge on any atom is 0.147 e. The van der Waals surface area contributed by atoms with Gasteiger partial charge in [-0.15, -0.1) is 0 Å². The van der Waals surface area contributed by atoms with Crippen LogP contribution in [0.1, 0.15) is 76.7 Å². The van der Waals surface area contributed by atoms with Gasteiger partial charge in [-0.1, -0.05) is 99.8 Å². The molecule has 27 heavy (non-hydrogen) atoms. The third-order valence-electron chi connectivity index (χ3n) is 6.38. The predicted molar refractivity (Wildman–Crippen MR) is 118 cm³/mol. The van der Waals surface area contributed by atoms with Crippen molar-refractivity contribution in [1.29, 1.82) is 0 Å². The lowest BCUT2D eigenvalue weighted by molar-refractivity contribution is 0.236. The maximum absolute atomic E-state index is 6.10. The zero-order valence-corrected chi connectivity index (χ0v) is 18.1. The quantitative estimate of drug-likeness (QED) is 0.333. The van der Waals surface area contributed by atoms with Gasteiger partial charge >= 0.3 is 0 Å². The van der Waals surface area contributed by atoms with E-state index in [9.17, 15) is 0 Å². The molecule has 1 aromatic carbocycles. The highest BCUT2D eigenvalue weighted by Crippen LogP contribution is 2.40. The van der Waals surface area contributed by atoms with E-state index < -0.39 is 0 Å². The average molecular weight is 404 g/mol. The van der Waals surface area contributed by atoms with Crippen LogP contribution in [0.4, 0.5) is 0 Å². The van der Waals surface area contributed by atoms with Gasteiger partial charge in [-0.3, -0.25) is 0 Å². The summed E-state index contributed by atoms with van der Waals surface area (Å²) in [6, 6.07) is 10.8. The van der Waals surface area contributed by atoms with E-state index in [1.807, 2.05) is 6.07 Å². The van der Waals surface area contributed by atoms with Crippen molar-refractivity contribution in [3.63, 3.8) is 0 Å². The maximum atomic E-state index is 6.10. The van der Waals surface area contributed by atoms with Crippen molar-refractivity contribution >= 4 is 23.2 Å². The van der Waals surface area contributed by atoms with Crippen molar-refractivity contribution in [2.45, 2.75) is 71.1 Å². The first-order chi connectivity index (χ1) is 13.1. The number of hydrogen-bond donors (Lipinski definition) is 0. The van der Waals surface area contributed by atoms with E-state index in [4.69, 9.17) is 23.2 Å². The van der Waals surface area contributed by atoms with Crippen molar-refractivity contribution < 1.29 is 0 Å². The zero-order chi connectivity index (χ0) is 19.2. The summed E-state index contributed by atoms with van der Waals surface area (Å²) in [5, 5.41) is 0.860. The molecule has 0 aliphatic heterocycles. The molecular formula is C24H31Cl2N. The first kappa shape index (κ1) is 20.7. The number of rotatable bonds is 7. The van der Waals surface area contributed by atoms with Crippen LogP contribution >= 0.6 is 23.2 Å². The highest BCUT2D eigenvalue weighted by Gasteiger charge is 2.25. The molecule has 0 spiro atoms.